The number of rotatable bonds is 1. The molecule has 14 heavy (non-hydrogen) atoms. The van der Waals surface area contributed by atoms with E-state index >= 15 is 0 Å². The summed E-state index contributed by atoms with van der Waals surface area (Å²) in [6, 6.07) is 0. The first-order chi connectivity index (χ1) is 6.20. The number of halogens is 2. The van der Waals surface area contributed by atoms with Gasteiger partial charge in [0.05, 0.1) is 0 Å². The van der Waals surface area contributed by atoms with Crippen molar-refractivity contribution in [2.75, 3.05) is 14.1 Å². The molecule has 2 nitrogen and oxygen atoms in total. The minimum absolute atomic E-state index is 0. The van der Waals surface area contributed by atoms with Gasteiger partial charge in [-0.3, -0.25) is 4.99 Å². The number of amidine groups is 1. The Balaban J connectivity index is 0.000000980. The zero-order chi connectivity index (χ0) is 9.47. The maximum absolute atomic E-state index is 6.64. The van der Waals surface area contributed by atoms with Crippen molar-refractivity contribution < 1.29 is 0 Å². The van der Waals surface area contributed by atoms with Gasteiger partial charge in [0.2, 0.25) is 0 Å². The Bertz CT molecular complexity index is 242. The molecule has 3 atom stereocenters. The number of nitrogens with one attached hydrogen (secondary N) is 1. The average molecular weight is 237 g/mol. The second kappa shape index (κ2) is 4.28. The summed E-state index contributed by atoms with van der Waals surface area (Å²) in [5.41, 5.74) is 0. The van der Waals surface area contributed by atoms with E-state index in [-0.39, 0.29) is 17.3 Å². The lowest BCUT2D eigenvalue weighted by atomic mass is 9.87. The Morgan fingerprint density at radius 1 is 1.50 bits per heavy atom. The van der Waals surface area contributed by atoms with Crippen LogP contribution >= 0.6 is 24.0 Å². The van der Waals surface area contributed by atoms with E-state index in [0.717, 1.165) is 18.2 Å². The van der Waals surface area contributed by atoms with Gasteiger partial charge in [-0.2, -0.15) is 0 Å². The first-order valence-electron chi connectivity index (χ1n) is 5.04. The van der Waals surface area contributed by atoms with Crippen molar-refractivity contribution >= 4 is 29.8 Å². The number of nitrogens with zero attached hydrogens (tertiary/aromatic N) is 1. The van der Waals surface area contributed by atoms with E-state index in [1.54, 1.807) is 0 Å². The topological polar surface area (TPSA) is 24.4 Å². The van der Waals surface area contributed by atoms with Crippen LogP contribution in [0.15, 0.2) is 4.99 Å². The molecule has 0 unspecified atom stereocenters. The Morgan fingerprint density at radius 3 is 2.57 bits per heavy atom. The second-order valence-electron chi connectivity index (χ2n) is 4.26. The Kier molecular flexibility index (Phi) is 3.70. The van der Waals surface area contributed by atoms with Crippen LogP contribution in [0.1, 0.15) is 25.7 Å². The molecule has 2 rings (SSSR count). The molecule has 2 saturated carbocycles. The van der Waals surface area contributed by atoms with E-state index in [2.05, 4.69) is 10.3 Å². The van der Waals surface area contributed by atoms with Crippen molar-refractivity contribution in [3.63, 3.8) is 0 Å². The molecule has 2 aliphatic rings. The van der Waals surface area contributed by atoms with Gasteiger partial charge < -0.3 is 5.32 Å². The van der Waals surface area contributed by atoms with E-state index < -0.39 is 0 Å². The molecule has 2 fully saturated rings. The van der Waals surface area contributed by atoms with Gasteiger partial charge >= 0.3 is 0 Å². The minimum Gasteiger partial charge on any atom is -0.375 e. The Labute approximate surface area is 96.9 Å². The molecule has 0 aliphatic heterocycles. The molecular weight excluding hydrogens is 219 g/mol. The molecule has 0 amide bonds. The zero-order valence-corrected chi connectivity index (χ0v) is 10.3. The molecule has 0 aromatic heterocycles. The molecule has 0 spiro atoms. The summed E-state index contributed by atoms with van der Waals surface area (Å²) in [5.74, 6) is 2.50. The number of aliphatic imine (C=N–C) groups is 1. The van der Waals surface area contributed by atoms with Crippen molar-refractivity contribution in [3.8, 4) is 0 Å². The summed E-state index contributed by atoms with van der Waals surface area (Å²) in [6.45, 7) is 0. The minimum atomic E-state index is -0.160. The summed E-state index contributed by atoms with van der Waals surface area (Å²) in [5, 5.41) is 3.14. The lowest BCUT2D eigenvalue weighted by molar-refractivity contribution is 0.434. The van der Waals surface area contributed by atoms with Gasteiger partial charge in [0, 0.05) is 14.1 Å². The maximum atomic E-state index is 6.64. The summed E-state index contributed by atoms with van der Waals surface area (Å²) >= 11 is 6.64. The molecule has 2 bridgehead atoms. The predicted octanol–water partition coefficient (Wildman–Crippen LogP) is 2.45. The highest BCUT2D eigenvalue weighted by molar-refractivity contribution is 6.36. The molecule has 0 saturated heterocycles. The molecule has 2 aliphatic carbocycles. The SMILES string of the molecule is CN=C(NC)[C@]1(Cl)C[C@H]2CC[C@@H]1C2.Cl. The zero-order valence-electron chi connectivity index (χ0n) is 8.72. The molecular formula is C10H18Cl2N2. The third kappa shape index (κ3) is 1.63. The molecule has 0 aromatic rings. The fourth-order valence-electron chi connectivity index (χ4n) is 3.06. The third-order valence-electron chi connectivity index (χ3n) is 3.63. The fourth-order valence-corrected chi connectivity index (χ4v) is 3.65. The van der Waals surface area contributed by atoms with Crippen LogP contribution in [0.2, 0.25) is 0 Å². The molecule has 1 N–H and O–H groups in total. The standard InChI is InChI=1S/C10H17ClN2.ClH/c1-12-9(13-2)10(11)6-7-3-4-8(10)5-7;/h7-8H,3-6H2,1-2H3,(H,12,13);1H/t7-,8+,10-;/m0./s1. The number of alkyl halides is 1. The summed E-state index contributed by atoms with van der Waals surface area (Å²) in [7, 11) is 3.74. The van der Waals surface area contributed by atoms with Crippen LogP contribution in [-0.4, -0.2) is 24.8 Å². The lowest BCUT2D eigenvalue weighted by Gasteiger charge is -2.32. The van der Waals surface area contributed by atoms with Gasteiger partial charge in [0.1, 0.15) is 10.7 Å². The van der Waals surface area contributed by atoms with Gasteiger partial charge in [0.25, 0.3) is 0 Å². The van der Waals surface area contributed by atoms with Crippen molar-refractivity contribution in [2.24, 2.45) is 16.8 Å². The lowest BCUT2D eigenvalue weighted by Crippen LogP contribution is -2.44. The van der Waals surface area contributed by atoms with Crippen molar-refractivity contribution in [1.29, 1.82) is 0 Å². The van der Waals surface area contributed by atoms with Crippen molar-refractivity contribution in [1.82, 2.24) is 5.32 Å². The highest BCUT2D eigenvalue weighted by Gasteiger charge is 2.52. The average Bonchev–Trinajstić information content (AvgIpc) is 2.65. The van der Waals surface area contributed by atoms with Crippen LogP contribution in [0.4, 0.5) is 0 Å². The number of fused-ring (bicyclic) bond motifs is 2. The molecule has 0 heterocycles. The van der Waals surface area contributed by atoms with Crippen LogP contribution in [0.3, 0.4) is 0 Å². The smallest absolute Gasteiger partial charge is 0.117 e. The van der Waals surface area contributed by atoms with Crippen LogP contribution in [0.25, 0.3) is 0 Å². The highest BCUT2D eigenvalue weighted by Crippen LogP contribution is 2.54. The van der Waals surface area contributed by atoms with Gasteiger partial charge in [-0.05, 0) is 31.1 Å². The van der Waals surface area contributed by atoms with Gasteiger partial charge in [-0.1, -0.05) is 6.42 Å². The quantitative estimate of drug-likeness (QED) is 0.423. The largest absolute Gasteiger partial charge is 0.375 e. The first kappa shape index (κ1) is 12.1. The van der Waals surface area contributed by atoms with Crippen LogP contribution in [-0.2, 0) is 0 Å². The van der Waals surface area contributed by atoms with Gasteiger partial charge in [-0.15, -0.1) is 24.0 Å². The van der Waals surface area contributed by atoms with E-state index in [1.807, 2.05) is 14.1 Å². The predicted molar refractivity (Wildman–Crippen MR) is 63.7 cm³/mol. The van der Waals surface area contributed by atoms with Crippen LogP contribution < -0.4 is 5.32 Å². The van der Waals surface area contributed by atoms with Gasteiger partial charge in [0.15, 0.2) is 0 Å². The first-order valence-corrected chi connectivity index (χ1v) is 5.42. The fraction of sp³-hybridized carbons (Fsp3) is 0.900. The van der Waals surface area contributed by atoms with Crippen LogP contribution in [0, 0.1) is 11.8 Å². The monoisotopic (exact) mass is 236 g/mol. The highest BCUT2D eigenvalue weighted by atomic mass is 35.5. The van der Waals surface area contributed by atoms with E-state index in [4.69, 9.17) is 11.6 Å². The molecule has 0 aromatic carbocycles. The Morgan fingerprint density at radius 2 is 2.21 bits per heavy atom. The maximum Gasteiger partial charge on any atom is 0.117 e. The molecule has 82 valence electrons. The van der Waals surface area contributed by atoms with Crippen LogP contribution in [0.5, 0.6) is 0 Å². The summed E-state index contributed by atoms with van der Waals surface area (Å²) < 4.78 is 0. The molecule has 0 radical (unpaired) electrons. The van der Waals surface area contributed by atoms with E-state index in [0.29, 0.717) is 5.92 Å². The van der Waals surface area contributed by atoms with E-state index in [1.165, 1.54) is 19.3 Å². The number of hydrogen-bond acceptors (Lipinski definition) is 1. The van der Waals surface area contributed by atoms with Crippen molar-refractivity contribution in [3.05, 3.63) is 0 Å². The van der Waals surface area contributed by atoms with Gasteiger partial charge in [-0.25, -0.2) is 0 Å². The normalized spacial score (nSPS) is 40.9. The Hall–Kier alpha value is 0.0500. The number of hydrogen-bond donors (Lipinski definition) is 1. The molecule has 4 heteroatoms. The summed E-state index contributed by atoms with van der Waals surface area (Å²) in [6.07, 6.45) is 5.09. The van der Waals surface area contributed by atoms with E-state index in [9.17, 15) is 0 Å². The third-order valence-corrected chi connectivity index (χ3v) is 4.27. The second-order valence-corrected chi connectivity index (χ2v) is 4.94. The van der Waals surface area contributed by atoms with Crippen molar-refractivity contribution in [2.45, 2.75) is 30.6 Å². The summed E-state index contributed by atoms with van der Waals surface area (Å²) in [4.78, 5) is 4.09.